The zero-order valence-electron chi connectivity index (χ0n) is 16.7. The normalized spacial score (nSPS) is 18.5. The predicted molar refractivity (Wildman–Crippen MR) is 109 cm³/mol. The number of aromatic nitrogens is 1. The van der Waals surface area contributed by atoms with Crippen LogP contribution in [0.25, 0.3) is 10.9 Å². The number of nitrogens with one attached hydrogen (secondary N) is 4. The molecule has 3 rings (SSSR count). The number of para-hydroxylation sites is 1. The third-order valence-electron chi connectivity index (χ3n) is 5.34. The van der Waals surface area contributed by atoms with Crippen molar-refractivity contribution in [3.05, 3.63) is 36.0 Å². The number of aromatic amines is 1. The Balaban J connectivity index is 1.69. The van der Waals surface area contributed by atoms with Crippen LogP contribution in [0.2, 0.25) is 0 Å². The maximum absolute atomic E-state index is 12.8. The number of amides is 2. The van der Waals surface area contributed by atoms with E-state index in [9.17, 15) is 19.5 Å². The zero-order chi connectivity index (χ0) is 21.0. The van der Waals surface area contributed by atoms with E-state index in [0.717, 1.165) is 35.9 Å². The lowest BCUT2D eigenvalue weighted by Gasteiger charge is -2.25. The molecule has 2 amide bonds. The van der Waals surface area contributed by atoms with E-state index in [1.54, 1.807) is 6.20 Å². The Kier molecular flexibility index (Phi) is 6.53. The molecule has 1 aromatic heterocycles. The van der Waals surface area contributed by atoms with Gasteiger partial charge in [-0.25, -0.2) is 4.79 Å². The fraction of sp³-hybridized carbons (Fsp3) is 0.476. The fourth-order valence-corrected chi connectivity index (χ4v) is 3.68. The number of carbonyl (C=O) groups is 3. The second-order valence-corrected chi connectivity index (χ2v) is 7.84. The number of rotatable bonds is 8. The SMILES string of the molecule is CC(C)C(NC(=O)C1CCCN1)C(=O)NC(Cc1c[nH]c2ccccc12)C(=O)O. The van der Waals surface area contributed by atoms with E-state index in [2.05, 4.69) is 20.9 Å². The molecule has 1 saturated heterocycles. The van der Waals surface area contributed by atoms with E-state index in [-0.39, 0.29) is 24.3 Å². The Morgan fingerprint density at radius 2 is 1.97 bits per heavy atom. The summed E-state index contributed by atoms with van der Waals surface area (Å²) >= 11 is 0. The van der Waals surface area contributed by atoms with Gasteiger partial charge in [-0.3, -0.25) is 9.59 Å². The molecule has 8 heteroatoms. The smallest absolute Gasteiger partial charge is 0.326 e. The van der Waals surface area contributed by atoms with E-state index in [1.807, 2.05) is 38.1 Å². The van der Waals surface area contributed by atoms with Crippen molar-refractivity contribution in [3.8, 4) is 0 Å². The largest absolute Gasteiger partial charge is 0.480 e. The van der Waals surface area contributed by atoms with Crippen molar-refractivity contribution in [2.75, 3.05) is 6.54 Å². The maximum Gasteiger partial charge on any atom is 0.326 e. The van der Waals surface area contributed by atoms with Crippen molar-refractivity contribution < 1.29 is 19.5 Å². The van der Waals surface area contributed by atoms with E-state index in [4.69, 9.17) is 0 Å². The molecule has 0 radical (unpaired) electrons. The lowest BCUT2D eigenvalue weighted by Crippen LogP contribution is -2.56. The first-order valence-corrected chi connectivity index (χ1v) is 9.98. The van der Waals surface area contributed by atoms with Crippen molar-refractivity contribution in [3.63, 3.8) is 0 Å². The molecule has 1 aromatic carbocycles. The zero-order valence-corrected chi connectivity index (χ0v) is 16.7. The Hall–Kier alpha value is -2.87. The summed E-state index contributed by atoms with van der Waals surface area (Å²) in [5, 5.41) is 19.1. The van der Waals surface area contributed by atoms with Gasteiger partial charge in [-0.05, 0) is 36.9 Å². The lowest BCUT2D eigenvalue weighted by atomic mass is 10.0. The number of H-pyrrole nitrogens is 1. The summed E-state index contributed by atoms with van der Waals surface area (Å²) in [6, 6.07) is 5.41. The second-order valence-electron chi connectivity index (χ2n) is 7.84. The molecule has 3 atom stereocenters. The van der Waals surface area contributed by atoms with Crippen LogP contribution in [0.5, 0.6) is 0 Å². The first-order chi connectivity index (χ1) is 13.9. The van der Waals surface area contributed by atoms with Gasteiger partial charge >= 0.3 is 5.97 Å². The van der Waals surface area contributed by atoms with Crippen LogP contribution in [0.3, 0.4) is 0 Å². The molecule has 2 aromatic rings. The summed E-state index contributed by atoms with van der Waals surface area (Å²) in [4.78, 5) is 40.2. The number of hydrogen-bond acceptors (Lipinski definition) is 4. The van der Waals surface area contributed by atoms with Crippen molar-refractivity contribution in [2.24, 2.45) is 5.92 Å². The summed E-state index contributed by atoms with van der Waals surface area (Å²) in [6.45, 7) is 4.42. The minimum Gasteiger partial charge on any atom is -0.480 e. The number of fused-ring (bicyclic) bond motifs is 1. The average molecular weight is 400 g/mol. The van der Waals surface area contributed by atoms with Crippen LogP contribution in [0.4, 0.5) is 0 Å². The lowest BCUT2D eigenvalue weighted by molar-refractivity contribution is -0.142. The molecule has 0 aliphatic carbocycles. The van der Waals surface area contributed by atoms with Gasteiger partial charge in [0.15, 0.2) is 0 Å². The quantitative estimate of drug-likeness (QED) is 0.455. The van der Waals surface area contributed by atoms with Gasteiger partial charge in [0.1, 0.15) is 12.1 Å². The minimum atomic E-state index is -1.12. The van der Waals surface area contributed by atoms with Crippen molar-refractivity contribution >= 4 is 28.7 Å². The van der Waals surface area contributed by atoms with Crippen LogP contribution in [-0.2, 0) is 20.8 Å². The number of carbonyl (C=O) groups excluding carboxylic acids is 2. The molecule has 2 heterocycles. The maximum atomic E-state index is 12.8. The van der Waals surface area contributed by atoms with Gasteiger partial charge in [0.05, 0.1) is 6.04 Å². The molecule has 156 valence electrons. The summed E-state index contributed by atoms with van der Waals surface area (Å²) < 4.78 is 0. The highest BCUT2D eigenvalue weighted by molar-refractivity contribution is 5.92. The van der Waals surface area contributed by atoms with E-state index < -0.39 is 24.0 Å². The summed E-state index contributed by atoms with van der Waals surface area (Å²) in [5.41, 5.74) is 1.72. The minimum absolute atomic E-state index is 0.147. The van der Waals surface area contributed by atoms with Gasteiger partial charge < -0.3 is 26.0 Å². The summed E-state index contributed by atoms with van der Waals surface area (Å²) in [7, 11) is 0. The third-order valence-corrected chi connectivity index (χ3v) is 5.34. The summed E-state index contributed by atoms with van der Waals surface area (Å²) in [6.07, 6.45) is 3.56. The van der Waals surface area contributed by atoms with Gasteiger partial charge in [0.2, 0.25) is 11.8 Å². The molecule has 1 aliphatic heterocycles. The molecule has 1 aliphatic rings. The van der Waals surface area contributed by atoms with Crippen LogP contribution in [0, 0.1) is 5.92 Å². The average Bonchev–Trinajstić information content (AvgIpc) is 3.35. The molecule has 8 nitrogen and oxygen atoms in total. The van der Waals surface area contributed by atoms with Crippen LogP contribution in [0.1, 0.15) is 32.3 Å². The topological polar surface area (TPSA) is 123 Å². The first-order valence-electron chi connectivity index (χ1n) is 9.98. The summed E-state index contributed by atoms with van der Waals surface area (Å²) in [5.74, 6) is -2.00. The standard InChI is InChI=1S/C21H28N4O4/c1-12(2)18(25-19(26)16-8-5-9-22-16)20(27)24-17(21(28)29)10-13-11-23-15-7-4-3-6-14(13)15/h3-4,6-7,11-12,16-18,22-23H,5,8-10H2,1-2H3,(H,24,27)(H,25,26)(H,28,29). The van der Waals surface area contributed by atoms with Crippen molar-refractivity contribution in [1.29, 1.82) is 0 Å². The number of hydrogen-bond donors (Lipinski definition) is 5. The van der Waals surface area contributed by atoms with Gasteiger partial charge in [0, 0.05) is 23.5 Å². The number of aliphatic carboxylic acids is 1. The molecule has 0 saturated carbocycles. The van der Waals surface area contributed by atoms with Crippen LogP contribution >= 0.6 is 0 Å². The highest BCUT2D eigenvalue weighted by Gasteiger charge is 2.31. The Labute approximate surface area is 169 Å². The molecular weight excluding hydrogens is 372 g/mol. The molecule has 0 bridgehead atoms. The highest BCUT2D eigenvalue weighted by atomic mass is 16.4. The Morgan fingerprint density at radius 3 is 2.62 bits per heavy atom. The molecule has 0 spiro atoms. The molecular formula is C21H28N4O4. The molecule has 1 fully saturated rings. The second kappa shape index (κ2) is 9.09. The fourth-order valence-electron chi connectivity index (χ4n) is 3.68. The van der Waals surface area contributed by atoms with Crippen LogP contribution < -0.4 is 16.0 Å². The van der Waals surface area contributed by atoms with Gasteiger partial charge in [0.25, 0.3) is 0 Å². The van der Waals surface area contributed by atoms with Gasteiger partial charge in [-0.2, -0.15) is 0 Å². The van der Waals surface area contributed by atoms with E-state index >= 15 is 0 Å². The van der Waals surface area contributed by atoms with Crippen LogP contribution in [-0.4, -0.2) is 52.5 Å². The van der Waals surface area contributed by atoms with Crippen molar-refractivity contribution in [1.82, 2.24) is 20.9 Å². The Bertz CT molecular complexity index is 886. The van der Waals surface area contributed by atoms with E-state index in [1.165, 1.54) is 0 Å². The number of carboxylic acids is 1. The van der Waals surface area contributed by atoms with Gasteiger partial charge in [-0.1, -0.05) is 32.0 Å². The first kappa shape index (κ1) is 20.9. The number of benzene rings is 1. The van der Waals surface area contributed by atoms with E-state index in [0.29, 0.717) is 0 Å². The Morgan fingerprint density at radius 1 is 1.21 bits per heavy atom. The van der Waals surface area contributed by atoms with Crippen LogP contribution in [0.15, 0.2) is 30.5 Å². The highest BCUT2D eigenvalue weighted by Crippen LogP contribution is 2.19. The van der Waals surface area contributed by atoms with Gasteiger partial charge in [-0.15, -0.1) is 0 Å². The third kappa shape index (κ3) is 4.95. The molecule has 29 heavy (non-hydrogen) atoms. The monoisotopic (exact) mass is 400 g/mol. The molecule has 5 N–H and O–H groups in total. The number of carboxylic acid groups (broad SMARTS) is 1. The predicted octanol–water partition coefficient (Wildman–Crippen LogP) is 1.17. The van der Waals surface area contributed by atoms with Crippen molar-refractivity contribution in [2.45, 2.75) is 51.2 Å². The molecule has 3 unspecified atom stereocenters.